The average Bonchev–Trinajstić information content (AvgIpc) is 2.73. The van der Waals surface area contributed by atoms with Crippen molar-refractivity contribution >= 4 is 17.5 Å². The molecule has 27 heavy (non-hydrogen) atoms. The van der Waals surface area contributed by atoms with Gasteiger partial charge >= 0.3 is 11.8 Å². The molecule has 0 bridgehead atoms. The molecule has 2 amide bonds. The van der Waals surface area contributed by atoms with Crippen LogP contribution in [0.4, 0.5) is 5.69 Å². The molecular weight excluding hydrogens is 344 g/mol. The number of amides is 2. The average molecular weight is 377 g/mol. The lowest BCUT2D eigenvalue weighted by molar-refractivity contribution is -0.146. The molecule has 1 saturated heterocycles. The quantitative estimate of drug-likeness (QED) is 0.545. The van der Waals surface area contributed by atoms with Crippen LogP contribution in [0.15, 0.2) is 24.3 Å². The van der Waals surface area contributed by atoms with E-state index >= 15 is 0 Å². The maximum Gasteiger partial charge on any atom is 0.312 e. The highest BCUT2D eigenvalue weighted by atomic mass is 16.5. The van der Waals surface area contributed by atoms with Gasteiger partial charge in [-0.05, 0) is 38.2 Å². The van der Waals surface area contributed by atoms with Gasteiger partial charge in [-0.2, -0.15) is 0 Å². The Morgan fingerprint density at radius 1 is 1.11 bits per heavy atom. The summed E-state index contributed by atoms with van der Waals surface area (Å²) in [6, 6.07) is 7.85. The van der Waals surface area contributed by atoms with Crippen molar-refractivity contribution in [2.75, 3.05) is 64.4 Å². The first-order valence-corrected chi connectivity index (χ1v) is 9.78. The van der Waals surface area contributed by atoms with Crippen LogP contribution in [0.1, 0.15) is 20.3 Å². The number of nitrogens with zero attached hydrogens (tertiary/aromatic N) is 3. The zero-order valence-corrected chi connectivity index (χ0v) is 16.7. The fourth-order valence-corrected chi connectivity index (χ4v) is 3.31. The molecule has 1 fully saturated rings. The van der Waals surface area contributed by atoms with Crippen LogP contribution in [0.5, 0.6) is 5.75 Å². The van der Waals surface area contributed by atoms with Crippen molar-refractivity contribution in [2.45, 2.75) is 20.3 Å². The van der Waals surface area contributed by atoms with Crippen molar-refractivity contribution < 1.29 is 14.3 Å². The molecule has 0 spiro atoms. The smallest absolute Gasteiger partial charge is 0.312 e. The molecule has 0 atom stereocenters. The Balaban J connectivity index is 1.76. The summed E-state index contributed by atoms with van der Waals surface area (Å²) in [5.74, 6) is -0.110. The minimum absolute atomic E-state index is 0.433. The molecule has 0 aromatic heterocycles. The van der Waals surface area contributed by atoms with Crippen molar-refractivity contribution in [2.24, 2.45) is 0 Å². The number of methoxy groups -OCH3 is 1. The van der Waals surface area contributed by atoms with Crippen LogP contribution in [0.3, 0.4) is 0 Å². The van der Waals surface area contributed by atoms with Crippen LogP contribution in [0.2, 0.25) is 0 Å². The molecule has 0 unspecified atom stereocenters. The van der Waals surface area contributed by atoms with Crippen molar-refractivity contribution in [3.8, 4) is 5.75 Å². The van der Waals surface area contributed by atoms with Gasteiger partial charge < -0.3 is 24.8 Å². The SMILES string of the molecule is CCN(CC)CCCNC(=O)C(=O)N1CCN(c2ccccc2OC)CC1. The van der Waals surface area contributed by atoms with E-state index in [9.17, 15) is 9.59 Å². The Morgan fingerprint density at radius 2 is 1.78 bits per heavy atom. The lowest BCUT2D eigenvalue weighted by Crippen LogP contribution is -2.52. The summed E-state index contributed by atoms with van der Waals surface area (Å²) >= 11 is 0. The lowest BCUT2D eigenvalue weighted by atomic mass is 10.2. The second kappa shape index (κ2) is 10.8. The summed E-state index contributed by atoms with van der Waals surface area (Å²) in [6.45, 7) is 10.1. The summed E-state index contributed by atoms with van der Waals surface area (Å²) in [5.41, 5.74) is 1.02. The molecule has 1 aromatic rings. The molecule has 150 valence electrons. The summed E-state index contributed by atoms with van der Waals surface area (Å²) in [6.07, 6.45) is 0.849. The predicted molar refractivity (Wildman–Crippen MR) is 107 cm³/mol. The second-order valence-corrected chi connectivity index (χ2v) is 6.59. The summed E-state index contributed by atoms with van der Waals surface area (Å²) in [7, 11) is 1.66. The molecule has 1 N–H and O–H groups in total. The van der Waals surface area contributed by atoms with Crippen molar-refractivity contribution in [1.82, 2.24) is 15.1 Å². The van der Waals surface area contributed by atoms with E-state index in [2.05, 4.69) is 29.0 Å². The molecular formula is C20H32N4O3. The van der Waals surface area contributed by atoms with E-state index < -0.39 is 11.8 Å². The number of piperazine rings is 1. The Labute approximate surface area is 162 Å². The molecule has 2 rings (SSSR count). The van der Waals surface area contributed by atoms with Crippen LogP contribution in [-0.4, -0.2) is 81.1 Å². The van der Waals surface area contributed by atoms with Gasteiger partial charge in [0, 0.05) is 32.7 Å². The standard InChI is InChI=1S/C20H32N4O3/c1-4-22(5-2)12-8-11-21-19(25)20(26)24-15-13-23(14-16-24)17-9-6-7-10-18(17)27-3/h6-7,9-10H,4-5,8,11-16H2,1-3H3,(H,21,25). The third-order valence-electron chi connectivity index (χ3n) is 5.02. The highest BCUT2D eigenvalue weighted by Gasteiger charge is 2.26. The minimum atomic E-state index is -0.500. The lowest BCUT2D eigenvalue weighted by Gasteiger charge is -2.36. The number of para-hydroxylation sites is 2. The maximum atomic E-state index is 12.4. The van der Waals surface area contributed by atoms with E-state index in [1.165, 1.54) is 0 Å². The Kier molecular flexibility index (Phi) is 8.39. The summed E-state index contributed by atoms with van der Waals surface area (Å²) in [4.78, 5) is 30.6. The summed E-state index contributed by atoms with van der Waals surface area (Å²) < 4.78 is 5.41. The van der Waals surface area contributed by atoms with E-state index in [1.54, 1.807) is 12.0 Å². The summed E-state index contributed by atoms with van der Waals surface area (Å²) in [5, 5.41) is 2.75. The predicted octanol–water partition coefficient (Wildman–Crippen LogP) is 1.19. The molecule has 1 heterocycles. The van der Waals surface area contributed by atoms with Gasteiger partial charge in [-0.3, -0.25) is 9.59 Å². The third kappa shape index (κ3) is 5.85. The highest BCUT2D eigenvalue weighted by molar-refractivity contribution is 6.35. The number of ether oxygens (including phenoxy) is 1. The normalized spacial score (nSPS) is 14.4. The molecule has 0 aliphatic carbocycles. The number of rotatable bonds is 8. The second-order valence-electron chi connectivity index (χ2n) is 6.59. The minimum Gasteiger partial charge on any atom is -0.495 e. The molecule has 1 aromatic carbocycles. The number of hydrogen-bond acceptors (Lipinski definition) is 5. The number of nitrogens with one attached hydrogen (secondary N) is 1. The number of carbonyl (C=O) groups excluding carboxylic acids is 2. The molecule has 7 nitrogen and oxygen atoms in total. The molecule has 1 aliphatic heterocycles. The van der Waals surface area contributed by atoms with Gasteiger partial charge in [0.25, 0.3) is 0 Å². The monoisotopic (exact) mass is 376 g/mol. The molecule has 0 radical (unpaired) electrons. The topological polar surface area (TPSA) is 65.1 Å². The van der Waals surface area contributed by atoms with Gasteiger partial charge in [-0.1, -0.05) is 26.0 Å². The highest BCUT2D eigenvalue weighted by Crippen LogP contribution is 2.28. The van der Waals surface area contributed by atoms with E-state index in [4.69, 9.17) is 4.74 Å². The first kappa shape index (κ1) is 21.0. The largest absolute Gasteiger partial charge is 0.495 e. The third-order valence-corrected chi connectivity index (χ3v) is 5.02. The van der Waals surface area contributed by atoms with Gasteiger partial charge in [0.1, 0.15) is 5.75 Å². The van der Waals surface area contributed by atoms with Crippen molar-refractivity contribution in [3.63, 3.8) is 0 Å². The van der Waals surface area contributed by atoms with Gasteiger partial charge in [0.2, 0.25) is 0 Å². The van der Waals surface area contributed by atoms with Gasteiger partial charge in [-0.15, -0.1) is 0 Å². The van der Waals surface area contributed by atoms with Crippen LogP contribution in [0.25, 0.3) is 0 Å². The van der Waals surface area contributed by atoms with E-state index in [1.807, 2.05) is 24.3 Å². The van der Waals surface area contributed by atoms with Gasteiger partial charge in [0.05, 0.1) is 12.8 Å². The van der Waals surface area contributed by atoms with E-state index in [0.717, 1.165) is 37.5 Å². The van der Waals surface area contributed by atoms with E-state index in [0.29, 0.717) is 32.7 Å². The Hall–Kier alpha value is -2.28. The van der Waals surface area contributed by atoms with Crippen LogP contribution < -0.4 is 15.0 Å². The molecule has 1 aliphatic rings. The first-order valence-electron chi connectivity index (χ1n) is 9.78. The number of benzene rings is 1. The fourth-order valence-electron chi connectivity index (χ4n) is 3.31. The maximum absolute atomic E-state index is 12.4. The Bertz CT molecular complexity index is 611. The van der Waals surface area contributed by atoms with E-state index in [-0.39, 0.29) is 0 Å². The number of anilines is 1. The van der Waals surface area contributed by atoms with Crippen LogP contribution in [-0.2, 0) is 9.59 Å². The fraction of sp³-hybridized carbons (Fsp3) is 0.600. The van der Waals surface area contributed by atoms with Crippen LogP contribution in [0, 0.1) is 0 Å². The number of carbonyl (C=O) groups is 2. The number of hydrogen-bond donors (Lipinski definition) is 1. The van der Waals surface area contributed by atoms with Gasteiger partial charge in [0.15, 0.2) is 0 Å². The molecule has 0 saturated carbocycles. The van der Waals surface area contributed by atoms with Crippen molar-refractivity contribution in [3.05, 3.63) is 24.3 Å². The first-order chi connectivity index (χ1) is 13.1. The Morgan fingerprint density at radius 3 is 2.41 bits per heavy atom. The zero-order chi connectivity index (χ0) is 19.6. The zero-order valence-electron chi connectivity index (χ0n) is 16.7. The van der Waals surface area contributed by atoms with Crippen molar-refractivity contribution in [1.29, 1.82) is 0 Å². The van der Waals surface area contributed by atoms with Gasteiger partial charge in [-0.25, -0.2) is 0 Å². The molecule has 7 heteroatoms. The van der Waals surface area contributed by atoms with Crippen LogP contribution >= 0.6 is 0 Å².